The van der Waals surface area contributed by atoms with Crippen molar-refractivity contribution in [2.45, 2.75) is 0 Å². The molecule has 18 heavy (non-hydrogen) atoms. The minimum atomic E-state index is 0.591. The van der Waals surface area contributed by atoms with Crippen molar-refractivity contribution in [3.8, 4) is 17.6 Å². The second-order valence-electron chi connectivity index (χ2n) is 3.69. The van der Waals surface area contributed by atoms with Gasteiger partial charge in [-0.05, 0) is 30.3 Å². The van der Waals surface area contributed by atoms with Crippen LogP contribution in [-0.2, 0) is 0 Å². The quantitative estimate of drug-likeness (QED) is 0.592. The van der Waals surface area contributed by atoms with E-state index >= 15 is 0 Å². The summed E-state index contributed by atoms with van der Waals surface area (Å²) in [4.78, 5) is 10.7. The van der Waals surface area contributed by atoms with Crippen LogP contribution in [0.1, 0.15) is 21.5 Å². The summed E-state index contributed by atoms with van der Waals surface area (Å²) in [5, 5.41) is 0. The number of carbonyl (C=O) groups excluding carboxylic acids is 1. The lowest BCUT2D eigenvalue weighted by Crippen LogP contribution is -1.90. The summed E-state index contributed by atoms with van der Waals surface area (Å²) < 4.78 is 5.21. The standard InChI is InChI=1S/C16H12O2/c1-18-16-10-8-14(12-17)11-15(16)9-7-13-5-3-2-4-6-13/h2-6,8,10-12H,1H3. The Balaban J connectivity index is 2.39. The van der Waals surface area contributed by atoms with Crippen LogP contribution in [0.25, 0.3) is 0 Å². The van der Waals surface area contributed by atoms with Crippen molar-refractivity contribution in [3.63, 3.8) is 0 Å². The van der Waals surface area contributed by atoms with E-state index in [1.807, 2.05) is 30.3 Å². The summed E-state index contributed by atoms with van der Waals surface area (Å²) in [5.41, 5.74) is 2.23. The predicted molar refractivity (Wildman–Crippen MR) is 70.8 cm³/mol. The molecular formula is C16H12O2. The molecule has 0 N–H and O–H groups in total. The van der Waals surface area contributed by atoms with Crippen LogP contribution in [0.3, 0.4) is 0 Å². The predicted octanol–water partition coefficient (Wildman–Crippen LogP) is 2.91. The van der Waals surface area contributed by atoms with Crippen LogP contribution >= 0.6 is 0 Å². The summed E-state index contributed by atoms with van der Waals surface area (Å²) in [6.45, 7) is 0. The van der Waals surface area contributed by atoms with Gasteiger partial charge >= 0.3 is 0 Å². The van der Waals surface area contributed by atoms with Crippen molar-refractivity contribution in [3.05, 3.63) is 65.2 Å². The SMILES string of the molecule is COc1ccc(C=O)cc1C#Cc1ccccc1. The fraction of sp³-hybridized carbons (Fsp3) is 0.0625. The zero-order chi connectivity index (χ0) is 12.8. The molecule has 0 radical (unpaired) electrons. The first-order chi connectivity index (χ1) is 8.83. The molecule has 0 aliphatic rings. The topological polar surface area (TPSA) is 26.3 Å². The van der Waals surface area contributed by atoms with Crippen LogP contribution in [0.15, 0.2) is 48.5 Å². The Hall–Kier alpha value is -2.53. The van der Waals surface area contributed by atoms with Crippen molar-refractivity contribution in [2.24, 2.45) is 0 Å². The average molecular weight is 236 g/mol. The van der Waals surface area contributed by atoms with Crippen LogP contribution in [0.2, 0.25) is 0 Å². The zero-order valence-electron chi connectivity index (χ0n) is 10.0. The van der Waals surface area contributed by atoms with E-state index in [2.05, 4.69) is 11.8 Å². The van der Waals surface area contributed by atoms with Gasteiger partial charge in [-0.3, -0.25) is 4.79 Å². The maximum Gasteiger partial charge on any atom is 0.150 e. The van der Waals surface area contributed by atoms with Gasteiger partial charge in [-0.15, -0.1) is 0 Å². The summed E-state index contributed by atoms with van der Waals surface area (Å²) in [6, 6.07) is 14.9. The highest BCUT2D eigenvalue weighted by molar-refractivity contribution is 5.76. The van der Waals surface area contributed by atoms with Crippen LogP contribution < -0.4 is 4.74 Å². The summed E-state index contributed by atoms with van der Waals surface area (Å²) in [5.74, 6) is 6.73. The molecule has 0 saturated heterocycles. The number of aldehydes is 1. The number of hydrogen-bond acceptors (Lipinski definition) is 2. The van der Waals surface area contributed by atoms with Crippen molar-refractivity contribution in [2.75, 3.05) is 7.11 Å². The third-order valence-corrected chi connectivity index (χ3v) is 2.47. The second-order valence-corrected chi connectivity index (χ2v) is 3.69. The molecule has 0 atom stereocenters. The Kier molecular flexibility index (Phi) is 3.78. The van der Waals surface area contributed by atoms with Gasteiger partial charge in [-0.2, -0.15) is 0 Å². The normalized spacial score (nSPS) is 9.17. The van der Waals surface area contributed by atoms with Crippen LogP contribution in [-0.4, -0.2) is 13.4 Å². The van der Waals surface area contributed by atoms with E-state index in [0.29, 0.717) is 16.9 Å². The summed E-state index contributed by atoms with van der Waals surface area (Å²) in [6.07, 6.45) is 0.799. The Morgan fingerprint density at radius 3 is 2.50 bits per heavy atom. The number of hydrogen-bond donors (Lipinski definition) is 0. The molecule has 0 heterocycles. The Bertz CT molecular complexity index is 604. The lowest BCUT2D eigenvalue weighted by molar-refractivity contribution is 0.112. The molecule has 2 heteroatoms. The fourth-order valence-electron chi connectivity index (χ4n) is 1.56. The van der Waals surface area contributed by atoms with Crippen molar-refractivity contribution < 1.29 is 9.53 Å². The van der Waals surface area contributed by atoms with Gasteiger partial charge in [-0.25, -0.2) is 0 Å². The minimum Gasteiger partial charge on any atom is -0.495 e. The van der Waals surface area contributed by atoms with Gasteiger partial charge in [0.2, 0.25) is 0 Å². The highest BCUT2D eigenvalue weighted by Crippen LogP contribution is 2.18. The van der Waals surface area contributed by atoms with E-state index < -0.39 is 0 Å². The van der Waals surface area contributed by atoms with Crippen molar-refractivity contribution >= 4 is 6.29 Å². The fourth-order valence-corrected chi connectivity index (χ4v) is 1.56. The molecular weight excluding hydrogens is 224 g/mol. The number of rotatable bonds is 2. The molecule has 2 nitrogen and oxygen atoms in total. The van der Waals surface area contributed by atoms with E-state index in [1.165, 1.54) is 0 Å². The molecule has 2 aromatic carbocycles. The maximum absolute atomic E-state index is 10.7. The van der Waals surface area contributed by atoms with Crippen molar-refractivity contribution in [1.29, 1.82) is 0 Å². The number of carbonyl (C=O) groups is 1. The van der Waals surface area contributed by atoms with E-state index in [0.717, 1.165) is 11.8 Å². The number of methoxy groups -OCH3 is 1. The van der Waals surface area contributed by atoms with Gasteiger partial charge in [0.1, 0.15) is 12.0 Å². The molecule has 2 rings (SSSR count). The highest BCUT2D eigenvalue weighted by atomic mass is 16.5. The van der Waals surface area contributed by atoms with E-state index in [9.17, 15) is 4.79 Å². The van der Waals surface area contributed by atoms with Gasteiger partial charge in [0.05, 0.1) is 12.7 Å². The molecule has 2 aromatic rings. The van der Waals surface area contributed by atoms with Gasteiger partial charge in [-0.1, -0.05) is 30.0 Å². The average Bonchev–Trinajstić information content (AvgIpc) is 2.45. The Morgan fingerprint density at radius 2 is 1.83 bits per heavy atom. The van der Waals surface area contributed by atoms with E-state index in [4.69, 9.17) is 4.74 Å². The molecule has 0 aliphatic heterocycles. The Labute approximate surface area is 106 Å². The summed E-state index contributed by atoms with van der Waals surface area (Å²) >= 11 is 0. The first kappa shape index (κ1) is 11.9. The zero-order valence-corrected chi connectivity index (χ0v) is 10.0. The third-order valence-electron chi connectivity index (χ3n) is 2.47. The molecule has 0 spiro atoms. The van der Waals surface area contributed by atoms with Gasteiger partial charge in [0, 0.05) is 11.1 Å². The van der Waals surface area contributed by atoms with Crippen LogP contribution in [0.5, 0.6) is 5.75 Å². The minimum absolute atomic E-state index is 0.591. The van der Waals surface area contributed by atoms with Crippen LogP contribution in [0, 0.1) is 11.8 Å². The lowest BCUT2D eigenvalue weighted by atomic mass is 10.1. The van der Waals surface area contributed by atoms with E-state index in [1.54, 1.807) is 25.3 Å². The van der Waals surface area contributed by atoms with Crippen molar-refractivity contribution in [1.82, 2.24) is 0 Å². The molecule has 0 amide bonds. The van der Waals surface area contributed by atoms with Gasteiger partial charge in [0.15, 0.2) is 0 Å². The largest absolute Gasteiger partial charge is 0.495 e. The first-order valence-electron chi connectivity index (χ1n) is 5.54. The van der Waals surface area contributed by atoms with Crippen LogP contribution in [0.4, 0.5) is 0 Å². The van der Waals surface area contributed by atoms with E-state index in [-0.39, 0.29) is 0 Å². The van der Waals surface area contributed by atoms with Gasteiger partial charge in [0.25, 0.3) is 0 Å². The van der Waals surface area contributed by atoms with Gasteiger partial charge < -0.3 is 4.74 Å². The monoisotopic (exact) mass is 236 g/mol. The third kappa shape index (κ3) is 2.78. The molecule has 0 aromatic heterocycles. The maximum atomic E-state index is 10.7. The smallest absolute Gasteiger partial charge is 0.150 e. The molecule has 0 saturated carbocycles. The molecule has 0 bridgehead atoms. The highest BCUT2D eigenvalue weighted by Gasteiger charge is 2.01. The lowest BCUT2D eigenvalue weighted by Gasteiger charge is -2.02. The first-order valence-corrected chi connectivity index (χ1v) is 5.54. The molecule has 0 unspecified atom stereocenters. The number of benzene rings is 2. The Morgan fingerprint density at radius 1 is 1.06 bits per heavy atom. The number of ether oxygens (including phenoxy) is 1. The molecule has 0 fully saturated rings. The second kappa shape index (κ2) is 5.70. The molecule has 0 aliphatic carbocycles. The molecule has 88 valence electrons. The summed E-state index contributed by atoms with van der Waals surface area (Å²) in [7, 11) is 1.59.